The number of aromatic amines is 1. The molecular formula is C20H27N3O4. The van der Waals surface area contributed by atoms with Gasteiger partial charge in [0, 0.05) is 36.7 Å². The highest BCUT2D eigenvalue weighted by atomic mass is 16.6. The van der Waals surface area contributed by atoms with Crippen molar-refractivity contribution in [3.05, 3.63) is 36.0 Å². The predicted octanol–water partition coefficient (Wildman–Crippen LogP) is 2.72. The summed E-state index contributed by atoms with van der Waals surface area (Å²) in [6.45, 7) is 7.00. The van der Waals surface area contributed by atoms with Crippen LogP contribution in [-0.2, 0) is 16.0 Å². The van der Waals surface area contributed by atoms with Crippen molar-refractivity contribution in [3.8, 4) is 0 Å². The molecule has 2 aromatic rings. The van der Waals surface area contributed by atoms with E-state index in [-0.39, 0.29) is 18.7 Å². The van der Waals surface area contributed by atoms with E-state index in [1.54, 1.807) is 4.90 Å². The molecule has 1 atom stereocenters. The van der Waals surface area contributed by atoms with E-state index in [4.69, 9.17) is 9.84 Å². The van der Waals surface area contributed by atoms with Crippen LogP contribution in [0.15, 0.2) is 30.5 Å². The quantitative estimate of drug-likeness (QED) is 0.861. The minimum Gasteiger partial charge on any atom is -0.480 e. The molecule has 0 bridgehead atoms. The van der Waals surface area contributed by atoms with Gasteiger partial charge in [0.25, 0.3) is 0 Å². The molecule has 1 aliphatic heterocycles. The van der Waals surface area contributed by atoms with E-state index in [1.807, 2.05) is 50.1 Å². The predicted molar refractivity (Wildman–Crippen MR) is 103 cm³/mol. The first-order valence-electron chi connectivity index (χ1n) is 9.22. The van der Waals surface area contributed by atoms with Crippen molar-refractivity contribution < 1.29 is 19.4 Å². The summed E-state index contributed by atoms with van der Waals surface area (Å²) in [7, 11) is 0. The standard InChI is InChI=1S/C20H27N3O4/c1-20(2,3)27-19(26)23-9-8-22(13-18(24)25)12-15(23)10-14-11-21-17-7-5-4-6-16(14)17/h4-7,11,15,21H,8-10,12-13H2,1-3H3,(H,24,25). The van der Waals surface area contributed by atoms with Crippen molar-refractivity contribution >= 4 is 23.0 Å². The fourth-order valence-electron chi connectivity index (χ4n) is 3.54. The van der Waals surface area contributed by atoms with Gasteiger partial charge in [-0.1, -0.05) is 18.2 Å². The molecular weight excluding hydrogens is 346 g/mol. The third-order valence-corrected chi connectivity index (χ3v) is 4.68. The van der Waals surface area contributed by atoms with E-state index in [2.05, 4.69) is 11.1 Å². The minimum absolute atomic E-state index is 0.0213. The molecule has 27 heavy (non-hydrogen) atoms. The molecule has 1 aliphatic rings. The Morgan fingerprint density at radius 2 is 2.00 bits per heavy atom. The highest BCUT2D eigenvalue weighted by molar-refractivity contribution is 5.83. The van der Waals surface area contributed by atoms with Gasteiger partial charge in [0.2, 0.25) is 0 Å². The molecule has 1 unspecified atom stereocenters. The number of piperazine rings is 1. The van der Waals surface area contributed by atoms with Crippen LogP contribution in [-0.4, -0.2) is 69.8 Å². The lowest BCUT2D eigenvalue weighted by Gasteiger charge is -2.41. The third-order valence-electron chi connectivity index (χ3n) is 4.68. The Balaban J connectivity index is 1.82. The van der Waals surface area contributed by atoms with E-state index in [1.165, 1.54) is 0 Å². The second-order valence-electron chi connectivity index (χ2n) is 8.02. The van der Waals surface area contributed by atoms with E-state index in [0.29, 0.717) is 26.1 Å². The average Bonchev–Trinajstić information content (AvgIpc) is 2.96. The zero-order valence-corrected chi connectivity index (χ0v) is 16.1. The molecule has 1 fully saturated rings. The topological polar surface area (TPSA) is 85.9 Å². The number of H-pyrrole nitrogens is 1. The lowest BCUT2D eigenvalue weighted by Crippen LogP contribution is -2.57. The summed E-state index contributed by atoms with van der Waals surface area (Å²) in [4.78, 5) is 30.7. The van der Waals surface area contributed by atoms with Gasteiger partial charge in [0.15, 0.2) is 0 Å². The fourth-order valence-corrected chi connectivity index (χ4v) is 3.54. The third kappa shape index (κ3) is 4.80. The number of nitrogens with one attached hydrogen (secondary N) is 1. The van der Waals surface area contributed by atoms with Crippen molar-refractivity contribution in [2.75, 3.05) is 26.2 Å². The van der Waals surface area contributed by atoms with Crippen LogP contribution in [0.5, 0.6) is 0 Å². The van der Waals surface area contributed by atoms with Crippen LogP contribution in [0.2, 0.25) is 0 Å². The maximum atomic E-state index is 12.7. The number of nitrogens with zero attached hydrogens (tertiary/aromatic N) is 2. The number of rotatable bonds is 4. The Hall–Kier alpha value is -2.54. The van der Waals surface area contributed by atoms with Crippen LogP contribution in [0, 0.1) is 0 Å². The van der Waals surface area contributed by atoms with Crippen molar-refractivity contribution in [2.45, 2.75) is 38.8 Å². The van der Waals surface area contributed by atoms with Crippen LogP contribution >= 0.6 is 0 Å². The van der Waals surface area contributed by atoms with Gasteiger partial charge >= 0.3 is 12.1 Å². The molecule has 146 valence electrons. The van der Waals surface area contributed by atoms with Gasteiger partial charge in [-0.2, -0.15) is 0 Å². The summed E-state index contributed by atoms with van der Waals surface area (Å²) < 4.78 is 5.57. The number of carbonyl (C=O) groups excluding carboxylic acids is 1. The molecule has 0 aliphatic carbocycles. The number of amides is 1. The smallest absolute Gasteiger partial charge is 0.410 e. The Kier molecular flexibility index (Phi) is 5.41. The number of carboxylic acid groups (broad SMARTS) is 1. The lowest BCUT2D eigenvalue weighted by atomic mass is 10.0. The molecule has 7 nitrogen and oxygen atoms in total. The van der Waals surface area contributed by atoms with Crippen LogP contribution in [0.1, 0.15) is 26.3 Å². The van der Waals surface area contributed by atoms with E-state index < -0.39 is 11.6 Å². The first kappa shape index (κ1) is 19.2. The van der Waals surface area contributed by atoms with Gasteiger partial charge in [-0.05, 0) is 38.8 Å². The summed E-state index contributed by atoms with van der Waals surface area (Å²) >= 11 is 0. The zero-order chi connectivity index (χ0) is 19.6. The first-order chi connectivity index (χ1) is 12.7. The number of aromatic nitrogens is 1. The van der Waals surface area contributed by atoms with Gasteiger partial charge in [-0.15, -0.1) is 0 Å². The number of aliphatic carboxylic acids is 1. The molecule has 1 saturated heterocycles. The normalized spacial score (nSPS) is 18.6. The maximum absolute atomic E-state index is 12.7. The van der Waals surface area contributed by atoms with Crippen molar-refractivity contribution in [1.82, 2.24) is 14.8 Å². The molecule has 2 heterocycles. The Morgan fingerprint density at radius 1 is 1.26 bits per heavy atom. The lowest BCUT2D eigenvalue weighted by molar-refractivity contribution is -0.138. The molecule has 7 heteroatoms. The summed E-state index contributed by atoms with van der Waals surface area (Å²) in [5, 5.41) is 10.2. The maximum Gasteiger partial charge on any atom is 0.410 e. The number of carbonyl (C=O) groups is 2. The fraction of sp³-hybridized carbons (Fsp3) is 0.500. The Bertz CT molecular complexity index is 824. The summed E-state index contributed by atoms with van der Waals surface area (Å²) in [6, 6.07) is 7.89. The van der Waals surface area contributed by atoms with Crippen LogP contribution < -0.4 is 0 Å². The van der Waals surface area contributed by atoms with E-state index in [9.17, 15) is 9.59 Å². The van der Waals surface area contributed by atoms with Gasteiger partial charge in [0.05, 0.1) is 12.6 Å². The molecule has 1 aromatic carbocycles. The number of benzene rings is 1. The van der Waals surface area contributed by atoms with Gasteiger partial charge in [-0.25, -0.2) is 4.79 Å². The number of ether oxygens (including phenoxy) is 1. The number of hydrogen-bond acceptors (Lipinski definition) is 4. The van der Waals surface area contributed by atoms with Crippen molar-refractivity contribution in [1.29, 1.82) is 0 Å². The molecule has 0 spiro atoms. The van der Waals surface area contributed by atoms with E-state index >= 15 is 0 Å². The highest BCUT2D eigenvalue weighted by Crippen LogP contribution is 2.23. The molecule has 1 aromatic heterocycles. The van der Waals surface area contributed by atoms with Crippen molar-refractivity contribution in [2.24, 2.45) is 0 Å². The van der Waals surface area contributed by atoms with Crippen LogP contribution in [0.25, 0.3) is 10.9 Å². The number of para-hydroxylation sites is 1. The molecule has 2 N–H and O–H groups in total. The largest absolute Gasteiger partial charge is 0.480 e. The second kappa shape index (κ2) is 7.60. The molecule has 0 radical (unpaired) electrons. The van der Waals surface area contributed by atoms with Gasteiger partial charge < -0.3 is 19.7 Å². The summed E-state index contributed by atoms with van der Waals surface area (Å²) in [5.41, 5.74) is 1.59. The second-order valence-corrected chi connectivity index (χ2v) is 8.02. The molecule has 1 amide bonds. The van der Waals surface area contributed by atoms with Crippen LogP contribution in [0.4, 0.5) is 4.79 Å². The van der Waals surface area contributed by atoms with E-state index in [0.717, 1.165) is 16.5 Å². The van der Waals surface area contributed by atoms with Gasteiger partial charge in [0.1, 0.15) is 5.60 Å². The first-order valence-corrected chi connectivity index (χ1v) is 9.22. The minimum atomic E-state index is -0.855. The molecule has 3 rings (SSSR count). The zero-order valence-electron chi connectivity index (χ0n) is 16.1. The number of hydrogen-bond donors (Lipinski definition) is 2. The van der Waals surface area contributed by atoms with Crippen molar-refractivity contribution in [3.63, 3.8) is 0 Å². The molecule has 0 saturated carbocycles. The Morgan fingerprint density at radius 3 is 2.70 bits per heavy atom. The van der Waals surface area contributed by atoms with Crippen LogP contribution in [0.3, 0.4) is 0 Å². The highest BCUT2D eigenvalue weighted by Gasteiger charge is 2.34. The average molecular weight is 373 g/mol. The van der Waals surface area contributed by atoms with Gasteiger partial charge in [-0.3, -0.25) is 9.69 Å². The monoisotopic (exact) mass is 373 g/mol. The summed E-state index contributed by atoms with van der Waals surface area (Å²) in [6.07, 6.45) is 2.26. The summed E-state index contributed by atoms with van der Waals surface area (Å²) in [5.74, 6) is -0.855. The SMILES string of the molecule is CC(C)(C)OC(=O)N1CCN(CC(=O)O)CC1Cc1c[nH]c2ccccc12. The number of fused-ring (bicyclic) bond motifs is 1. The number of carboxylic acids is 1. The Labute approximate surface area is 158 Å².